The highest BCUT2D eigenvalue weighted by Crippen LogP contribution is 2.24. The Bertz CT molecular complexity index is 714. The molecule has 1 atom stereocenters. The number of aromatic nitrogens is 3. The minimum Gasteiger partial charge on any atom is -0.338 e. The van der Waals surface area contributed by atoms with Crippen molar-refractivity contribution in [3.8, 4) is 0 Å². The van der Waals surface area contributed by atoms with Crippen LogP contribution in [-0.4, -0.2) is 56.9 Å². The second-order valence-electron chi connectivity index (χ2n) is 7.08. The normalized spacial score (nSPS) is 21.1. The molecule has 1 saturated heterocycles. The molecule has 1 aromatic heterocycles. The zero-order valence-corrected chi connectivity index (χ0v) is 14.5. The number of carbonyl (C=O) groups is 1. The molecule has 6 nitrogen and oxygen atoms in total. The minimum atomic E-state index is 0.134. The van der Waals surface area contributed by atoms with Gasteiger partial charge in [-0.1, -0.05) is 29.5 Å². The summed E-state index contributed by atoms with van der Waals surface area (Å²) in [7, 11) is 0. The van der Waals surface area contributed by atoms with Gasteiger partial charge in [0.05, 0.1) is 18.7 Å². The third kappa shape index (κ3) is 3.74. The zero-order valence-electron chi connectivity index (χ0n) is 14.5. The molecule has 4 rings (SSSR count). The molecule has 0 bridgehead atoms. The summed E-state index contributed by atoms with van der Waals surface area (Å²) >= 11 is 0. The standard InChI is InChI=1S/C19H25N5O/c25-19(23-10-7-16-4-1-2-5-17(16)15-23)18-6-3-9-22(14-18)12-13-24-11-8-20-21-24/h1-2,4-5,8,11,18H,3,6-7,9-10,12-15H2. The van der Waals surface area contributed by atoms with Gasteiger partial charge >= 0.3 is 0 Å². The molecule has 1 unspecified atom stereocenters. The van der Waals surface area contributed by atoms with Gasteiger partial charge in [-0.15, -0.1) is 5.10 Å². The summed E-state index contributed by atoms with van der Waals surface area (Å²) in [5.41, 5.74) is 2.70. The van der Waals surface area contributed by atoms with E-state index in [1.54, 1.807) is 6.20 Å². The van der Waals surface area contributed by atoms with Crippen LogP contribution in [0.3, 0.4) is 0 Å². The van der Waals surface area contributed by atoms with Crippen LogP contribution in [0.15, 0.2) is 36.7 Å². The number of nitrogens with zero attached hydrogens (tertiary/aromatic N) is 5. The molecule has 3 heterocycles. The second-order valence-corrected chi connectivity index (χ2v) is 7.08. The van der Waals surface area contributed by atoms with Crippen molar-refractivity contribution in [3.05, 3.63) is 47.8 Å². The summed E-state index contributed by atoms with van der Waals surface area (Å²) in [5, 5.41) is 7.86. The molecule has 0 saturated carbocycles. The van der Waals surface area contributed by atoms with Crippen molar-refractivity contribution in [2.24, 2.45) is 5.92 Å². The predicted molar refractivity (Wildman–Crippen MR) is 94.7 cm³/mol. The summed E-state index contributed by atoms with van der Waals surface area (Å²) in [4.78, 5) is 17.5. The molecule has 25 heavy (non-hydrogen) atoms. The Kier molecular flexibility index (Phi) is 4.78. The predicted octanol–water partition coefficient (Wildman–Crippen LogP) is 1.57. The Morgan fingerprint density at radius 2 is 2.04 bits per heavy atom. The van der Waals surface area contributed by atoms with E-state index in [1.165, 1.54) is 11.1 Å². The fourth-order valence-electron chi connectivity index (χ4n) is 4.00. The summed E-state index contributed by atoms with van der Waals surface area (Å²) in [6, 6.07) is 8.49. The van der Waals surface area contributed by atoms with Crippen LogP contribution in [0.5, 0.6) is 0 Å². The molecule has 0 radical (unpaired) electrons. The van der Waals surface area contributed by atoms with Gasteiger partial charge in [0, 0.05) is 32.4 Å². The first kappa shape index (κ1) is 16.3. The van der Waals surface area contributed by atoms with Gasteiger partial charge in [0.1, 0.15) is 0 Å². The van der Waals surface area contributed by atoms with Gasteiger partial charge in [-0.25, -0.2) is 0 Å². The largest absolute Gasteiger partial charge is 0.338 e. The maximum Gasteiger partial charge on any atom is 0.227 e. The minimum absolute atomic E-state index is 0.134. The highest BCUT2D eigenvalue weighted by Gasteiger charge is 2.30. The Labute approximate surface area is 148 Å². The van der Waals surface area contributed by atoms with Crippen LogP contribution in [0.4, 0.5) is 0 Å². The lowest BCUT2D eigenvalue weighted by Crippen LogP contribution is -2.46. The molecule has 132 valence electrons. The summed E-state index contributed by atoms with van der Waals surface area (Å²) in [6.45, 7) is 5.32. The molecule has 0 aliphatic carbocycles. The van der Waals surface area contributed by atoms with Crippen molar-refractivity contribution in [1.29, 1.82) is 0 Å². The van der Waals surface area contributed by atoms with Crippen LogP contribution < -0.4 is 0 Å². The number of likely N-dealkylation sites (tertiary alicyclic amines) is 1. The van der Waals surface area contributed by atoms with Crippen molar-refractivity contribution in [1.82, 2.24) is 24.8 Å². The van der Waals surface area contributed by atoms with Gasteiger partial charge in [0.15, 0.2) is 0 Å². The maximum absolute atomic E-state index is 13.0. The maximum atomic E-state index is 13.0. The molecular weight excluding hydrogens is 314 g/mol. The molecule has 1 fully saturated rings. The van der Waals surface area contributed by atoms with E-state index in [-0.39, 0.29) is 5.92 Å². The lowest BCUT2D eigenvalue weighted by atomic mass is 9.94. The van der Waals surface area contributed by atoms with Gasteiger partial charge < -0.3 is 9.80 Å². The number of fused-ring (bicyclic) bond motifs is 1. The van der Waals surface area contributed by atoms with Crippen molar-refractivity contribution in [3.63, 3.8) is 0 Å². The molecule has 6 heteroatoms. The Balaban J connectivity index is 1.34. The highest BCUT2D eigenvalue weighted by atomic mass is 16.2. The fraction of sp³-hybridized carbons (Fsp3) is 0.526. The van der Waals surface area contributed by atoms with Crippen LogP contribution in [0.2, 0.25) is 0 Å². The van der Waals surface area contributed by atoms with Gasteiger partial charge in [0.2, 0.25) is 5.91 Å². The van der Waals surface area contributed by atoms with E-state index in [9.17, 15) is 4.79 Å². The number of piperidine rings is 1. The Hall–Kier alpha value is -2.21. The van der Waals surface area contributed by atoms with E-state index in [2.05, 4.69) is 44.4 Å². The van der Waals surface area contributed by atoms with E-state index in [0.29, 0.717) is 5.91 Å². The van der Waals surface area contributed by atoms with Crippen LogP contribution in [0.25, 0.3) is 0 Å². The SMILES string of the molecule is O=C(C1CCCN(CCn2ccnn2)C1)N1CCc2ccccc2C1. The Morgan fingerprint density at radius 3 is 2.88 bits per heavy atom. The second kappa shape index (κ2) is 7.35. The number of benzene rings is 1. The smallest absolute Gasteiger partial charge is 0.227 e. The first-order chi connectivity index (χ1) is 12.3. The van der Waals surface area contributed by atoms with Gasteiger partial charge in [-0.2, -0.15) is 0 Å². The molecular formula is C19H25N5O. The van der Waals surface area contributed by atoms with Crippen molar-refractivity contribution >= 4 is 5.91 Å². The van der Waals surface area contributed by atoms with E-state index in [0.717, 1.165) is 58.5 Å². The van der Waals surface area contributed by atoms with Crippen LogP contribution >= 0.6 is 0 Å². The molecule has 2 aliphatic heterocycles. The number of hydrogen-bond donors (Lipinski definition) is 0. The summed E-state index contributed by atoms with van der Waals surface area (Å²) in [6.07, 6.45) is 6.67. The van der Waals surface area contributed by atoms with Crippen molar-refractivity contribution < 1.29 is 4.79 Å². The van der Waals surface area contributed by atoms with Crippen LogP contribution in [-0.2, 0) is 24.3 Å². The number of amides is 1. The average Bonchev–Trinajstić information content (AvgIpc) is 3.19. The third-order valence-electron chi connectivity index (χ3n) is 5.41. The average molecular weight is 339 g/mol. The topological polar surface area (TPSA) is 54.3 Å². The van der Waals surface area contributed by atoms with Gasteiger partial charge in [-0.05, 0) is 36.9 Å². The molecule has 1 amide bonds. The number of rotatable bonds is 4. The monoisotopic (exact) mass is 339 g/mol. The Morgan fingerprint density at radius 1 is 1.16 bits per heavy atom. The van der Waals surface area contributed by atoms with E-state index in [1.807, 2.05) is 10.9 Å². The van der Waals surface area contributed by atoms with Crippen molar-refractivity contribution in [2.75, 3.05) is 26.2 Å². The van der Waals surface area contributed by atoms with Gasteiger partial charge in [0.25, 0.3) is 0 Å². The van der Waals surface area contributed by atoms with Crippen LogP contribution in [0.1, 0.15) is 24.0 Å². The van der Waals surface area contributed by atoms with Crippen molar-refractivity contribution in [2.45, 2.75) is 32.4 Å². The van der Waals surface area contributed by atoms with E-state index in [4.69, 9.17) is 0 Å². The number of hydrogen-bond acceptors (Lipinski definition) is 4. The lowest BCUT2D eigenvalue weighted by molar-refractivity contribution is -0.138. The molecule has 2 aliphatic rings. The third-order valence-corrected chi connectivity index (χ3v) is 5.41. The molecule has 0 N–H and O–H groups in total. The van der Waals surface area contributed by atoms with Crippen LogP contribution in [0, 0.1) is 5.92 Å². The van der Waals surface area contributed by atoms with E-state index < -0.39 is 0 Å². The molecule has 1 aromatic carbocycles. The first-order valence-electron chi connectivity index (χ1n) is 9.21. The summed E-state index contributed by atoms with van der Waals surface area (Å²) < 4.78 is 1.85. The quantitative estimate of drug-likeness (QED) is 0.849. The highest BCUT2D eigenvalue weighted by molar-refractivity contribution is 5.79. The molecule has 0 spiro atoms. The molecule has 2 aromatic rings. The lowest BCUT2D eigenvalue weighted by Gasteiger charge is -2.36. The first-order valence-corrected chi connectivity index (χ1v) is 9.21. The van der Waals surface area contributed by atoms with Gasteiger partial charge in [-0.3, -0.25) is 9.48 Å². The fourth-order valence-corrected chi connectivity index (χ4v) is 4.00. The number of carbonyl (C=O) groups excluding carboxylic acids is 1. The summed E-state index contributed by atoms with van der Waals surface area (Å²) in [5.74, 6) is 0.467. The van der Waals surface area contributed by atoms with E-state index >= 15 is 0 Å². The zero-order chi connectivity index (χ0) is 17.1.